The Bertz CT molecular complexity index is 982. The van der Waals surface area contributed by atoms with Crippen LogP contribution < -0.4 is 10.6 Å². The third kappa shape index (κ3) is 3.94. The molecule has 0 unspecified atom stereocenters. The Balaban J connectivity index is 1.73. The fraction of sp³-hybridized carbons (Fsp3) is 0.238. The quantitative estimate of drug-likeness (QED) is 0.736. The van der Waals surface area contributed by atoms with Crippen molar-refractivity contribution in [1.29, 1.82) is 5.26 Å². The predicted octanol–water partition coefficient (Wildman–Crippen LogP) is 2.69. The fourth-order valence-corrected chi connectivity index (χ4v) is 3.28. The van der Waals surface area contributed by atoms with Crippen molar-refractivity contribution in [1.82, 2.24) is 10.2 Å². The number of nitrogens with zero attached hydrogens (tertiary/aromatic N) is 2. The van der Waals surface area contributed by atoms with Gasteiger partial charge in [0.15, 0.2) is 0 Å². The monoisotopic (exact) mass is 394 g/mol. The highest BCUT2D eigenvalue weighted by atomic mass is 19.1. The lowest BCUT2D eigenvalue weighted by molar-refractivity contribution is -0.134. The number of benzene rings is 2. The van der Waals surface area contributed by atoms with Crippen molar-refractivity contribution in [3.63, 3.8) is 0 Å². The number of carbonyl (C=O) groups is 3. The number of imide groups is 1. The molecule has 0 spiro atoms. The number of halogens is 1. The average Bonchev–Trinajstić information content (AvgIpc) is 2.95. The topological polar surface area (TPSA) is 102 Å². The molecule has 1 heterocycles. The SMILES string of the molecule is CC[C@@]1(c2ccc(F)cc2)NC(=O)N(CC(=O)Nc2ccc(CC#N)cc2)C1=O. The van der Waals surface area contributed by atoms with Gasteiger partial charge in [0, 0.05) is 5.69 Å². The summed E-state index contributed by atoms with van der Waals surface area (Å²) in [6.07, 6.45) is 0.515. The van der Waals surface area contributed by atoms with Crippen molar-refractivity contribution in [2.75, 3.05) is 11.9 Å². The number of rotatable bonds is 6. The van der Waals surface area contributed by atoms with Gasteiger partial charge in [0.25, 0.3) is 5.91 Å². The van der Waals surface area contributed by atoms with E-state index < -0.39 is 35.7 Å². The Morgan fingerprint density at radius 2 is 1.83 bits per heavy atom. The van der Waals surface area contributed by atoms with Crippen molar-refractivity contribution in [2.24, 2.45) is 0 Å². The van der Waals surface area contributed by atoms with E-state index >= 15 is 0 Å². The van der Waals surface area contributed by atoms with Crippen LogP contribution in [0.2, 0.25) is 0 Å². The van der Waals surface area contributed by atoms with Crippen molar-refractivity contribution in [3.05, 3.63) is 65.5 Å². The number of nitrogens with one attached hydrogen (secondary N) is 2. The Kier molecular flexibility index (Phi) is 5.59. The lowest BCUT2D eigenvalue weighted by Crippen LogP contribution is -2.44. The van der Waals surface area contributed by atoms with E-state index in [1.165, 1.54) is 24.3 Å². The molecule has 2 N–H and O–H groups in total. The minimum Gasteiger partial charge on any atom is -0.325 e. The first-order valence-corrected chi connectivity index (χ1v) is 9.05. The summed E-state index contributed by atoms with van der Waals surface area (Å²) in [5.41, 5.74) is 0.427. The molecule has 1 saturated heterocycles. The third-order valence-corrected chi connectivity index (χ3v) is 4.87. The van der Waals surface area contributed by atoms with Gasteiger partial charge < -0.3 is 10.6 Å². The summed E-state index contributed by atoms with van der Waals surface area (Å²) in [6.45, 7) is 1.28. The van der Waals surface area contributed by atoms with E-state index in [9.17, 15) is 18.8 Å². The van der Waals surface area contributed by atoms with Gasteiger partial charge in [-0.2, -0.15) is 5.26 Å². The maximum atomic E-state index is 13.2. The largest absolute Gasteiger partial charge is 0.325 e. The molecule has 1 aliphatic rings. The maximum Gasteiger partial charge on any atom is 0.325 e. The Labute approximate surface area is 167 Å². The summed E-state index contributed by atoms with van der Waals surface area (Å²) >= 11 is 0. The highest BCUT2D eigenvalue weighted by Gasteiger charge is 2.51. The van der Waals surface area contributed by atoms with Gasteiger partial charge in [0.2, 0.25) is 5.91 Å². The first kappa shape index (κ1) is 20.0. The maximum absolute atomic E-state index is 13.2. The molecule has 1 aliphatic heterocycles. The molecule has 29 heavy (non-hydrogen) atoms. The van der Waals surface area contributed by atoms with Gasteiger partial charge in [-0.3, -0.25) is 14.5 Å². The highest BCUT2D eigenvalue weighted by molar-refractivity contribution is 6.10. The smallest absolute Gasteiger partial charge is 0.325 e. The van der Waals surface area contributed by atoms with Gasteiger partial charge in [0.05, 0.1) is 12.5 Å². The zero-order valence-corrected chi connectivity index (χ0v) is 15.7. The molecule has 2 aromatic rings. The van der Waals surface area contributed by atoms with E-state index in [1.54, 1.807) is 31.2 Å². The molecule has 1 atom stereocenters. The molecule has 0 aliphatic carbocycles. The molecule has 0 saturated carbocycles. The standard InChI is InChI=1S/C21H19FN4O3/c1-2-21(15-5-7-16(22)8-6-15)19(28)26(20(29)25-21)13-18(27)24-17-9-3-14(4-10-17)11-12-23/h3-10H,2,11,13H2,1H3,(H,24,27)(H,25,29)/t21-/m0/s1. The van der Waals surface area contributed by atoms with Gasteiger partial charge in [-0.15, -0.1) is 0 Å². The molecule has 0 bridgehead atoms. The Morgan fingerprint density at radius 3 is 2.41 bits per heavy atom. The van der Waals surface area contributed by atoms with Crippen LogP contribution in [0.3, 0.4) is 0 Å². The van der Waals surface area contributed by atoms with Crippen molar-refractivity contribution < 1.29 is 18.8 Å². The van der Waals surface area contributed by atoms with Gasteiger partial charge in [-0.25, -0.2) is 9.18 Å². The summed E-state index contributed by atoms with van der Waals surface area (Å²) < 4.78 is 13.2. The zero-order valence-electron chi connectivity index (χ0n) is 15.7. The minimum atomic E-state index is -1.33. The molecular weight excluding hydrogens is 375 g/mol. The van der Waals surface area contributed by atoms with Gasteiger partial charge in [-0.05, 0) is 41.8 Å². The molecule has 0 aromatic heterocycles. The van der Waals surface area contributed by atoms with Crippen LogP contribution in [-0.4, -0.2) is 29.3 Å². The van der Waals surface area contributed by atoms with Crippen LogP contribution in [0.15, 0.2) is 48.5 Å². The second-order valence-corrected chi connectivity index (χ2v) is 6.67. The minimum absolute atomic E-state index is 0.252. The molecule has 2 aromatic carbocycles. The molecular formula is C21H19FN4O3. The van der Waals surface area contributed by atoms with Gasteiger partial charge >= 0.3 is 6.03 Å². The lowest BCUT2D eigenvalue weighted by atomic mass is 9.87. The second-order valence-electron chi connectivity index (χ2n) is 6.67. The van der Waals surface area contributed by atoms with Crippen molar-refractivity contribution >= 4 is 23.5 Å². The summed E-state index contributed by atoms with van der Waals surface area (Å²) in [4.78, 5) is 38.6. The van der Waals surface area contributed by atoms with Gasteiger partial charge in [0.1, 0.15) is 17.9 Å². The first-order valence-electron chi connectivity index (χ1n) is 9.05. The van der Waals surface area contributed by atoms with E-state index in [0.29, 0.717) is 11.3 Å². The van der Waals surface area contributed by atoms with E-state index in [4.69, 9.17) is 5.26 Å². The van der Waals surface area contributed by atoms with Crippen LogP contribution in [-0.2, 0) is 21.5 Å². The highest BCUT2D eigenvalue weighted by Crippen LogP contribution is 2.32. The second kappa shape index (κ2) is 8.10. The number of amides is 4. The van der Waals surface area contributed by atoms with Crippen LogP contribution in [0.4, 0.5) is 14.9 Å². The van der Waals surface area contributed by atoms with Crippen LogP contribution in [0, 0.1) is 17.1 Å². The van der Waals surface area contributed by atoms with Crippen LogP contribution in [0.1, 0.15) is 24.5 Å². The number of nitriles is 1. The molecule has 148 valence electrons. The normalized spacial score (nSPS) is 18.3. The number of urea groups is 1. The van der Waals surface area contributed by atoms with E-state index in [0.717, 1.165) is 10.5 Å². The van der Waals surface area contributed by atoms with E-state index in [-0.39, 0.29) is 12.8 Å². The molecule has 0 radical (unpaired) electrons. The molecule has 1 fully saturated rings. The number of hydrogen-bond acceptors (Lipinski definition) is 4. The summed E-state index contributed by atoms with van der Waals surface area (Å²) in [5, 5.41) is 14.0. The molecule has 4 amide bonds. The summed E-state index contributed by atoms with van der Waals surface area (Å²) in [5.74, 6) is -1.54. The van der Waals surface area contributed by atoms with Gasteiger partial charge in [-0.1, -0.05) is 31.2 Å². The fourth-order valence-electron chi connectivity index (χ4n) is 3.28. The number of anilines is 1. The van der Waals surface area contributed by atoms with Crippen LogP contribution in [0.25, 0.3) is 0 Å². The zero-order chi connectivity index (χ0) is 21.0. The lowest BCUT2D eigenvalue weighted by Gasteiger charge is -2.25. The van der Waals surface area contributed by atoms with Crippen LogP contribution in [0.5, 0.6) is 0 Å². The van der Waals surface area contributed by atoms with E-state index in [2.05, 4.69) is 10.6 Å². The molecule has 3 rings (SSSR count). The number of carbonyl (C=O) groups excluding carboxylic acids is 3. The Morgan fingerprint density at radius 1 is 1.17 bits per heavy atom. The predicted molar refractivity (Wildman–Crippen MR) is 103 cm³/mol. The molecule has 7 nitrogen and oxygen atoms in total. The summed E-state index contributed by atoms with van der Waals surface area (Å²) in [6, 6.07) is 13.4. The first-order chi connectivity index (χ1) is 13.9. The molecule has 8 heteroatoms. The van der Waals surface area contributed by atoms with Crippen molar-refractivity contribution in [2.45, 2.75) is 25.3 Å². The number of hydrogen-bond donors (Lipinski definition) is 2. The van der Waals surface area contributed by atoms with Crippen molar-refractivity contribution in [3.8, 4) is 6.07 Å². The third-order valence-electron chi connectivity index (χ3n) is 4.87. The van der Waals surface area contributed by atoms with E-state index in [1.807, 2.05) is 6.07 Å². The summed E-state index contributed by atoms with van der Waals surface area (Å²) in [7, 11) is 0. The Hall–Kier alpha value is -3.73. The average molecular weight is 394 g/mol. The van der Waals surface area contributed by atoms with Crippen LogP contribution >= 0.6 is 0 Å².